The van der Waals surface area contributed by atoms with E-state index in [1.54, 1.807) is 0 Å². The van der Waals surface area contributed by atoms with Crippen molar-refractivity contribution in [1.82, 2.24) is 15.0 Å². The Labute approximate surface area is 197 Å². The summed E-state index contributed by atoms with van der Waals surface area (Å²) >= 11 is 0. The quantitative estimate of drug-likeness (QED) is 0.472. The minimum absolute atomic E-state index is 0.188. The van der Waals surface area contributed by atoms with Gasteiger partial charge in [-0.25, -0.2) is 0 Å². The maximum Gasteiger partial charge on any atom is 0.229 e. The smallest absolute Gasteiger partial charge is 0.229 e. The first-order chi connectivity index (χ1) is 16.2. The molecule has 1 aromatic carbocycles. The molecule has 0 aliphatic heterocycles. The van der Waals surface area contributed by atoms with Crippen LogP contribution in [-0.2, 0) is 6.54 Å². The highest BCUT2D eigenvalue weighted by Crippen LogP contribution is 2.56. The molecule has 0 atom stereocenters. The molecule has 1 heterocycles. The molecule has 5 aliphatic carbocycles. The Hall–Kier alpha value is -2.37. The van der Waals surface area contributed by atoms with Gasteiger partial charge in [0, 0.05) is 18.6 Å². The van der Waals surface area contributed by atoms with Crippen molar-refractivity contribution in [3.63, 3.8) is 0 Å². The fourth-order valence-electron chi connectivity index (χ4n) is 7.49. The van der Waals surface area contributed by atoms with Crippen LogP contribution in [0.15, 0.2) is 30.3 Å². The summed E-state index contributed by atoms with van der Waals surface area (Å²) in [4.78, 5) is 14.4. The van der Waals surface area contributed by atoms with Gasteiger partial charge in [-0.15, -0.1) is 0 Å². The van der Waals surface area contributed by atoms with Crippen LogP contribution in [0.5, 0.6) is 0 Å². The molecule has 7 rings (SSSR count). The third kappa shape index (κ3) is 4.95. The van der Waals surface area contributed by atoms with Gasteiger partial charge in [-0.3, -0.25) is 0 Å². The Bertz CT molecular complexity index is 904. The van der Waals surface area contributed by atoms with Crippen molar-refractivity contribution in [2.75, 3.05) is 22.5 Å². The number of rotatable bonds is 8. The molecule has 176 valence electrons. The number of nitrogens with one attached hydrogen (secondary N) is 3. The molecule has 0 unspecified atom stereocenters. The van der Waals surface area contributed by atoms with Gasteiger partial charge in [0.25, 0.3) is 0 Å². The lowest BCUT2D eigenvalue weighted by Gasteiger charge is -2.56. The Morgan fingerprint density at radius 1 is 0.727 bits per heavy atom. The number of aromatic nitrogens is 3. The third-order valence-corrected chi connectivity index (χ3v) is 8.62. The highest BCUT2D eigenvalue weighted by molar-refractivity contribution is 5.44. The predicted octanol–water partition coefficient (Wildman–Crippen LogP) is 5.86. The molecule has 4 bridgehead atoms. The van der Waals surface area contributed by atoms with E-state index in [4.69, 9.17) is 15.0 Å². The summed E-state index contributed by atoms with van der Waals surface area (Å²) in [6.45, 7) is 1.67. The normalized spacial score (nSPS) is 30.8. The third-order valence-electron chi connectivity index (χ3n) is 8.62. The first-order valence-corrected chi connectivity index (χ1v) is 13.3. The van der Waals surface area contributed by atoms with Crippen molar-refractivity contribution in [3.05, 3.63) is 35.9 Å². The molecule has 33 heavy (non-hydrogen) atoms. The number of anilines is 3. The van der Waals surface area contributed by atoms with Crippen molar-refractivity contribution in [2.45, 2.75) is 82.7 Å². The molecule has 6 heteroatoms. The van der Waals surface area contributed by atoms with Crippen LogP contribution in [-0.4, -0.2) is 27.0 Å². The molecular weight excluding hydrogens is 408 g/mol. The molecule has 1 aromatic heterocycles. The van der Waals surface area contributed by atoms with E-state index in [2.05, 4.69) is 40.2 Å². The topological polar surface area (TPSA) is 74.8 Å². The van der Waals surface area contributed by atoms with E-state index in [9.17, 15) is 0 Å². The van der Waals surface area contributed by atoms with Crippen molar-refractivity contribution in [3.8, 4) is 0 Å². The first kappa shape index (κ1) is 21.2. The predicted molar refractivity (Wildman–Crippen MR) is 133 cm³/mol. The summed E-state index contributed by atoms with van der Waals surface area (Å²) in [5.41, 5.74) is 1.41. The van der Waals surface area contributed by atoms with E-state index in [1.807, 2.05) is 6.07 Å². The summed E-state index contributed by atoms with van der Waals surface area (Å²) in [5, 5.41) is 10.9. The summed E-state index contributed by atoms with van der Waals surface area (Å²) < 4.78 is 0. The molecule has 6 nitrogen and oxygen atoms in total. The highest BCUT2D eigenvalue weighted by atomic mass is 15.3. The molecular formula is C27H38N6. The summed E-state index contributed by atoms with van der Waals surface area (Å²) in [7, 11) is 0. The molecule has 5 saturated carbocycles. The van der Waals surface area contributed by atoms with E-state index in [-0.39, 0.29) is 5.54 Å². The number of nitrogens with zero attached hydrogens (tertiary/aromatic N) is 3. The average molecular weight is 447 g/mol. The molecule has 2 aromatic rings. The lowest BCUT2D eigenvalue weighted by atomic mass is 9.53. The number of benzene rings is 1. The zero-order valence-corrected chi connectivity index (χ0v) is 19.7. The van der Waals surface area contributed by atoms with Gasteiger partial charge in [-0.2, -0.15) is 15.0 Å². The van der Waals surface area contributed by atoms with Crippen molar-refractivity contribution < 1.29 is 0 Å². The fourth-order valence-corrected chi connectivity index (χ4v) is 7.49. The second-order valence-electron chi connectivity index (χ2n) is 11.4. The zero-order chi connectivity index (χ0) is 22.1. The van der Waals surface area contributed by atoms with Crippen molar-refractivity contribution in [2.24, 2.45) is 23.7 Å². The van der Waals surface area contributed by atoms with Crippen LogP contribution in [0, 0.1) is 23.7 Å². The van der Waals surface area contributed by atoms with Gasteiger partial charge < -0.3 is 16.0 Å². The molecule has 0 saturated heterocycles. The van der Waals surface area contributed by atoms with Crippen LogP contribution in [0.1, 0.15) is 76.2 Å². The monoisotopic (exact) mass is 446 g/mol. The number of hydrogen-bond acceptors (Lipinski definition) is 6. The molecule has 3 N–H and O–H groups in total. The molecule has 5 aliphatic rings. The fraction of sp³-hybridized carbons (Fsp3) is 0.667. The van der Waals surface area contributed by atoms with Gasteiger partial charge >= 0.3 is 0 Å². The standard InChI is InChI=1S/C27H38N6/c1-3-7-19(8-4-1)17-28-24-30-25(29-18-20-9-5-2-6-10-20)32-26(31-24)33-27-14-21-11-22(15-27)13-23(12-21)16-27/h1,3-4,7-8,20-23H,2,5-6,9-18H2,(H3,28,29,30,31,32,33). The molecule has 5 fully saturated rings. The van der Waals surface area contributed by atoms with Gasteiger partial charge in [-0.1, -0.05) is 49.6 Å². The first-order valence-electron chi connectivity index (χ1n) is 13.3. The average Bonchev–Trinajstić information content (AvgIpc) is 2.81. The Kier molecular flexibility index (Phi) is 5.85. The van der Waals surface area contributed by atoms with Crippen LogP contribution in [0.2, 0.25) is 0 Å². The van der Waals surface area contributed by atoms with Gasteiger partial charge in [0.15, 0.2) is 0 Å². The molecule has 0 spiro atoms. The maximum atomic E-state index is 4.86. The summed E-state index contributed by atoms with van der Waals surface area (Å²) in [5.74, 6) is 5.52. The zero-order valence-electron chi connectivity index (χ0n) is 19.7. The van der Waals surface area contributed by atoms with Crippen molar-refractivity contribution >= 4 is 17.8 Å². The summed E-state index contributed by atoms with van der Waals surface area (Å²) in [6.07, 6.45) is 14.9. The Balaban J connectivity index is 1.20. The lowest BCUT2D eigenvalue weighted by molar-refractivity contribution is 0.0103. The van der Waals surface area contributed by atoms with E-state index in [0.29, 0.717) is 18.4 Å². The van der Waals surface area contributed by atoms with E-state index in [0.717, 1.165) is 36.2 Å². The largest absolute Gasteiger partial charge is 0.354 e. The van der Waals surface area contributed by atoms with Gasteiger partial charge in [0.2, 0.25) is 17.8 Å². The maximum absolute atomic E-state index is 4.86. The minimum atomic E-state index is 0.188. The van der Waals surface area contributed by atoms with E-state index < -0.39 is 0 Å². The Morgan fingerprint density at radius 2 is 1.33 bits per heavy atom. The van der Waals surface area contributed by atoms with Crippen LogP contribution in [0.25, 0.3) is 0 Å². The summed E-state index contributed by atoms with van der Waals surface area (Å²) in [6, 6.07) is 10.5. The van der Waals surface area contributed by atoms with Gasteiger partial charge in [-0.05, 0) is 80.6 Å². The van der Waals surface area contributed by atoms with Crippen LogP contribution < -0.4 is 16.0 Å². The van der Waals surface area contributed by atoms with E-state index >= 15 is 0 Å². The second kappa shape index (κ2) is 9.11. The van der Waals surface area contributed by atoms with Crippen LogP contribution in [0.4, 0.5) is 17.8 Å². The minimum Gasteiger partial charge on any atom is -0.354 e. The second-order valence-corrected chi connectivity index (χ2v) is 11.4. The van der Waals surface area contributed by atoms with Crippen molar-refractivity contribution in [1.29, 1.82) is 0 Å². The van der Waals surface area contributed by atoms with E-state index in [1.165, 1.54) is 76.2 Å². The van der Waals surface area contributed by atoms with Gasteiger partial charge in [0.1, 0.15) is 0 Å². The Morgan fingerprint density at radius 3 is 2.00 bits per heavy atom. The molecule has 0 radical (unpaired) electrons. The van der Waals surface area contributed by atoms with Gasteiger partial charge in [0.05, 0.1) is 0 Å². The van der Waals surface area contributed by atoms with Crippen LogP contribution >= 0.6 is 0 Å². The SMILES string of the molecule is c1ccc(CNc2nc(NCC3CCCCC3)nc(NC34CC5CC(CC(C5)C3)C4)n2)cc1. The highest BCUT2D eigenvalue weighted by Gasteiger charge is 2.51. The lowest BCUT2D eigenvalue weighted by Crippen LogP contribution is -2.55. The van der Waals surface area contributed by atoms with Crippen LogP contribution in [0.3, 0.4) is 0 Å². The number of hydrogen-bond donors (Lipinski definition) is 3. The molecule has 0 amide bonds.